The summed E-state index contributed by atoms with van der Waals surface area (Å²) < 4.78 is 16.3. The third kappa shape index (κ3) is 2.45. The summed E-state index contributed by atoms with van der Waals surface area (Å²) in [5.41, 5.74) is 0.803. The number of rotatable bonds is 5. The summed E-state index contributed by atoms with van der Waals surface area (Å²) in [5.74, 6) is 2.98. The van der Waals surface area contributed by atoms with Gasteiger partial charge in [-0.05, 0) is 25.1 Å². The molecule has 6 nitrogen and oxygen atoms in total. The summed E-state index contributed by atoms with van der Waals surface area (Å²) in [6, 6.07) is 6.05. The molecule has 3 aromatic rings. The van der Waals surface area contributed by atoms with E-state index in [0.717, 1.165) is 29.3 Å². The van der Waals surface area contributed by atoms with E-state index in [-0.39, 0.29) is 0 Å². The van der Waals surface area contributed by atoms with Crippen LogP contribution < -0.4 is 5.32 Å². The molecule has 3 heterocycles. The van der Waals surface area contributed by atoms with Crippen LogP contribution in [-0.4, -0.2) is 10.2 Å². The molecule has 20 heavy (non-hydrogen) atoms. The zero-order chi connectivity index (χ0) is 13.9. The van der Waals surface area contributed by atoms with Crippen LogP contribution >= 0.6 is 0 Å². The highest BCUT2D eigenvalue weighted by molar-refractivity contribution is 5.55. The predicted molar refractivity (Wildman–Crippen MR) is 72.1 cm³/mol. The van der Waals surface area contributed by atoms with Gasteiger partial charge in [-0.25, -0.2) is 0 Å². The van der Waals surface area contributed by atoms with E-state index >= 15 is 0 Å². The van der Waals surface area contributed by atoms with Gasteiger partial charge in [0.25, 0.3) is 5.89 Å². The summed E-state index contributed by atoms with van der Waals surface area (Å²) in [6.07, 6.45) is 2.47. The van der Waals surface area contributed by atoms with Gasteiger partial charge in [-0.2, -0.15) is 0 Å². The van der Waals surface area contributed by atoms with Crippen molar-refractivity contribution in [2.75, 3.05) is 5.32 Å². The van der Waals surface area contributed by atoms with Crippen molar-refractivity contribution in [3.63, 3.8) is 0 Å². The lowest BCUT2D eigenvalue weighted by Crippen LogP contribution is -1.98. The van der Waals surface area contributed by atoms with E-state index in [9.17, 15) is 0 Å². The molecule has 0 atom stereocenters. The molecule has 0 radical (unpaired) electrons. The van der Waals surface area contributed by atoms with Gasteiger partial charge in [0.05, 0.1) is 18.4 Å². The van der Waals surface area contributed by atoms with E-state index in [0.29, 0.717) is 18.5 Å². The average molecular weight is 273 g/mol. The van der Waals surface area contributed by atoms with Crippen molar-refractivity contribution in [1.82, 2.24) is 10.2 Å². The number of hydrogen-bond acceptors (Lipinski definition) is 6. The van der Waals surface area contributed by atoms with Gasteiger partial charge in [-0.3, -0.25) is 0 Å². The van der Waals surface area contributed by atoms with E-state index < -0.39 is 0 Å². The SMILES string of the molecule is CCc1ccc(CNc2nnc(-c3ccoc3C)o2)o1. The van der Waals surface area contributed by atoms with Crippen LogP contribution in [-0.2, 0) is 13.0 Å². The first-order valence-corrected chi connectivity index (χ1v) is 6.45. The topological polar surface area (TPSA) is 77.2 Å². The Kier molecular flexibility index (Phi) is 3.28. The van der Waals surface area contributed by atoms with Gasteiger partial charge in [0.1, 0.15) is 17.3 Å². The minimum Gasteiger partial charge on any atom is -0.469 e. The van der Waals surface area contributed by atoms with E-state index in [4.69, 9.17) is 13.3 Å². The second kappa shape index (κ2) is 5.24. The third-order valence-electron chi connectivity index (χ3n) is 2.99. The molecule has 6 heteroatoms. The van der Waals surface area contributed by atoms with Crippen LogP contribution in [0.25, 0.3) is 11.5 Å². The quantitative estimate of drug-likeness (QED) is 0.767. The Morgan fingerprint density at radius 2 is 1.95 bits per heavy atom. The molecule has 0 spiro atoms. The molecule has 0 saturated heterocycles. The smallest absolute Gasteiger partial charge is 0.316 e. The molecule has 1 N–H and O–H groups in total. The highest BCUT2D eigenvalue weighted by Gasteiger charge is 2.13. The molecule has 0 aliphatic rings. The van der Waals surface area contributed by atoms with Crippen LogP contribution in [0.3, 0.4) is 0 Å². The molecule has 0 fully saturated rings. The monoisotopic (exact) mass is 273 g/mol. The Balaban J connectivity index is 1.67. The van der Waals surface area contributed by atoms with Crippen LogP contribution in [0.2, 0.25) is 0 Å². The van der Waals surface area contributed by atoms with Crippen LogP contribution in [0.15, 0.2) is 37.7 Å². The molecular weight excluding hydrogens is 258 g/mol. The van der Waals surface area contributed by atoms with Crippen LogP contribution in [0.5, 0.6) is 0 Å². The van der Waals surface area contributed by atoms with Crippen molar-refractivity contribution >= 4 is 6.01 Å². The average Bonchev–Trinajstić information content (AvgIpc) is 3.16. The molecule has 104 valence electrons. The number of anilines is 1. The van der Waals surface area contributed by atoms with Gasteiger partial charge in [-0.1, -0.05) is 12.0 Å². The van der Waals surface area contributed by atoms with Gasteiger partial charge in [0, 0.05) is 6.42 Å². The Hall–Kier alpha value is -2.50. The zero-order valence-corrected chi connectivity index (χ0v) is 11.3. The number of hydrogen-bond donors (Lipinski definition) is 1. The number of aromatic nitrogens is 2. The van der Waals surface area contributed by atoms with Gasteiger partial charge < -0.3 is 18.6 Å². The van der Waals surface area contributed by atoms with Crippen molar-refractivity contribution in [1.29, 1.82) is 0 Å². The first kappa shape index (κ1) is 12.5. The maximum atomic E-state index is 5.59. The highest BCUT2D eigenvalue weighted by atomic mass is 16.4. The van der Waals surface area contributed by atoms with Crippen molar-refractivity contribution in [2.45, 2.75) is 26.8 Å². The van der Waals surface area contributed by atoms with Crippen molar-refractivity contribution in [3.05, 3.63) is 41.7 Å². The maximum Gasteiger partial charge on any atom is 0.316 e. The van der Waals surface area contributed by atoms with Gasteiger partial charge in [0.15, 0.2) is 0 Å². The minimum absolute atomic E-state index is 0.357. The Labute approximate surface area is 115 Å². The molecule has 0 aliphatic heterocycles. The molecule has 0 saturated carbocycles. The fraction of sp³-hybridized carbons (Fsp3) is 0.286. The molecule has 0 aliphatic carbocycles. The summed E-state index contributed by atoms with van der Waals surface area (Å²) >= 11 is 0. The second-order valence-electron chi connectivity index (χ2n) is 4.38. The summed E-state index contributed by atoms with van der Waals surface area (Å²) in [5, 5.41) is 11.0. The Morgan fingerprint density at radius 1 is 1.10 bits per heavy atom. The van der Waals surface area contributed by atoms with E-state index in [1.165, 1.54) is 0 Å². The third-order valence-corrected chi connectivity index (χ3v) is 2.99. The first-order valence-electron chi connectivity index (χ1n) is 6.45. The van der Waals surface area contributed by atoms with Gasteiger partial charge in [0.2, 0.25) is 0 Å². The first-order chi connectivity index (χ1) is 9.76. The van der Waals surface area contributed by atoms with Crippen LogP contribution in [0.4, 0.5) is 6.01 Å². The molecule has 0 unspecified atom stereocenters. The Bertz CT molecular complexity index is 696. The van der Waals surface area contributed by atoms with Crippen molar-refractivity contribution < 1.29 is 13.3 Å². The van der Waals surface area contributed by atoms with Crippen molar-refractivity contribution in [2.24, 2.45) is 0 Å². The van der Waals surface area contributed by atoms with E-state index in [1.807, 2.05) is 26.0 Å². The minimum atomic E-state index is 0.357. The largest absolute Gasteiger partial charge is 0.469 e. The summed E-state index contributed by atoms with van der Waals surface area (Å²) in [7, 11) is 0. The number of furan rings is 2. The van der Waals surface area contributed by atoms with E-state index in [2.05, 4.69) is 15.5 Å². The molecule has 0 bridgehead atoms. The molecule has 3 rings (SSSR count). The fourth-order valence-corrected chi connectivity index (χ4v) is 1.88. The van der Waals surface area contributed by atoms with E-state index in [1.54, 1.807) is 12.3 Å². The highest BCUT2D eigenvalue weighted by Crippen LogP contribution is 2.24. The van der Waals surface area contributed by atoms with Gasteiger partial charge in [-0.15, -0.1) is 5.10 Å². The zero-order valence-electron chi connectivity index (χ0n) is 11.3. The second-order valence-corrected chi connectivity index (χ2v) is 4.38. The fourth-order valence-electron chi connectivity index (χ4n) is 1.88. The standard InChI is InChI=1S/C14H15N3O3/c1-3-10-4-5-11(19-10)8-15-14-17-16-13(20-14)12-6-7-18-9(12)2/h4-7H,3,8H2,1-2H3,(H,15,17). The van der Waals surface area contributed by atoms with Crippen LogP contribution in [0.1, 0.15) is 24.2 Å². The lowest BCUT2D eigenvalue weighted by Gasteiger charge is -1.97. The summed E-state index contributed by atoms with van der Waals surface area (Å²) in [6.45, 7) is 4.40. The van der Waals surface area contributed by atoms with Gasteiger partial charge >= 0.3 is 6.01 Å². The lowest BCUT2D eigenvalue weighted by molar-refractivity contribution is 0.472. The van der Waals surface area contributed by atoms with Crippen molar-refractivity contribution in [3.8, 4) is 11.5 Å². The molecule has 0 amide bonds. The molecule has 3 aromatic heterocycles. The normalized spacial score (nSPS) is 10.9. The number of nitrogens with one attached hydrogen (secondary N) is 1. The Morgan fingerprint density at radius 3 is 2.65 bits per heavy atom. The van der Waals surface area contributed by atoms with Crippen LogP contribution in [0, 0.1) is 6.92 Å². The molecule has 0 aromatic carbocycles. The summed E-state index contributed by atoms with van der Waals surface area (Å²) in [4.78, 5) is 0. The predicted octanol–water partition coefficient (Wildman–Crippen LogP) is 3.41. The molecular formula is C14H15N3O3. The maximum absolute atomic E-state index is 5.59. The number of nitrogens with zero attached hydrogens (tertiary/aromatic N) is 2. The number of aryl methyl sites for hydroxylation is 2. The lowest BCUT2D eigenvalue weighted by atomic mass is 10.3.